The number of sulfonamides is 1. The first-order valence-corrected chi connectivity index (χ1v) is 9.10. The number of hydrogen-bond acceptors (Lipinski definition) is 4. The van der Waals surface area contributed by atoms with Crippen LogP contribution in [0.4, 0.5) is 0 Å². The molecule has 0 aromatic heterocycles. The van der Waals surface area contributed by atoms with E-state index in [4.69, 9.17) is 5.73 Å². The average molecular weight is 358 g/mol. The molecule has 0 unspecified atom stereocenters. The van der Waals surface area contributed by atoms with Crippen molar-refractivity contribution in [3.05, 3.63) is 70.5 Å². The van der Waals surface area contributed by atoms with E-state index in [1.165, 1.54) is 10.4 Å². The molecule has 3 N–H and O–H groups in total. The average Bonchev–Trinajstić information content (AvgIpc) is 2.98. The molecule has 7 heteroatoms. The van der Waals surface area contributed by atoms with Gasteiger partial charge in [0.05, 0.1) is 4.90 Å². The van der Waals surface area contributed by atoms with Crippen LogP contribution in [-0.4, -0.2) is 23.7 Å². The highest BCUT2D eigenvalue weighted by atomic mass is 32.2. The summed E-state index contributed by atoms with van der Waals surface area (Å²) in [6.07, 6.45) is 1.26. The fourth-order valence-electron chi connectivity index (χ4n) is 2.80. The molecule has 1 aliphatic rings. The van der Waals surface area contributed by atoms with Gasteiger partial charge in [-0.3, -0.25) is 4.79 Å². The van der Waals surface area contributed by atoms with Gasteiger partial charge in [0.2, 0.25) is 10.0 Å². The summed E-state index contributed by atoms with van der Waals surface area (Å²) in [7, 11) is -3.58. The third-order valence-electron chi connectivity index (χ3n) is 4.11. The Labute approximate surface area is 146 Å². The molecule has 1 amide bonds. The molecule has 0 radical (unpaired) electrons. The van der Waals surface area contributed by atoms with Gasteiger partial charge in [-0.05, 0) is 53.5 Å². The Morgan fingerprint density at radius 1 is 1.16 bits per heavy atom. The lowest BCUT2D eigenvalue weighted by Gasteiger charge is -2.15. The SMILES string of the molecule is Cc1cccc(S(=O)(=O)N2Cc3ccc(C=C(O)C(N)=O)cc3C2)c1. The zero-order valence-corrected chi connectivity index (χ0v) is 14.5. The quantitative estimate of drug-likeness (QED) is 0.645. The lowest BCUT2D eigenvalue weighted by molar-refractivity contribution is -0.116. The Bertz CT molecular complexity index is 980. The Morgan fingerprint density at radius 2 is 1.88 bits per heavy atom. The second-order valence-electron chi connectivity index (χ2n) is 6.01. The van der Waals surface area contributed by atoms with Gasteiger partial charge in [0.15, 0.2) is 5.76 Å². The molecule has 130 valence electrons. The van der Waals surface area contributed by atoms with Gasteiger partial charge in [0.1, 0.15) is 0 Å². The standard InChI is InChI=1S/C18H18N2O4S/c1-12-3-2-4-16(7-12)25(23,24)20-10-14-6-5-13(8-15(14)11-20)9-17(21)18(19)22/h2-9,21H,10-11H2,1H3,(H2,19,22). The second kappa shape index (κ2) is 6.34. The van der Waals surface area contributed by atoms with Gasteiger partial charge in [-0.1, -0.05) is 24.3 Å². The minimum atomic E-state index is -3.58. The molecule has 2 aromatic rings. The minimum Gasteiger partial charge on any atom is -0.503 e. The molecular formula is C18H18N2O4S. The van der Waals surface area contributed by atoms with Crippen molar-refractivity contribution in [2.75, 3.05) is 0 Å². The molecule has 1 aliphatic heterocycles. The van der Waals surface area contributed by atoms with Crippen LogP contribution in [0.1, 0.15) is 22.3 Å². The van der Waals surface area contributed by atoms with Gasteiger partial charge >= 0.3 is 0 Å². The first-order chi connectivity index (χ1) is 11.8. The van der Waals surface area contributed by atoms with E-state index in [2.05, 4.69) is 0 Å². The van der Waals surface area contributed by atoms with E-state index < -0.39 is 21.7 Å². The van der Waals surface area contributed by atoms with Gasteiger partial charge in [-0.25, -0.2) is 8.42 Å². The summed E-state index contributed by atoms with van der Waals surface area (Å²) in [5.74, 6) is -1.45. The number of nitrogens with two attached hydrogens (primary N) is 1. The summed E-state index contributed by atoms with van der Waals surface area (Å²) < 4.78 is 27.1. The van der Waals surface area contributed by atoms with Crippen molar-refractivity contribution < 1.29 is 18.3 Å². The van der Waals surface area contributed by atoms with Crippen molar-refractivity contribution in [2.24, 2.45) is 5.73 Å². The summed E-state index contributed by atoms with van der Waals surface area (Å²) in [6.45, 7) is 2.38. The zero-order valence-electron chi connectivity index (χ0n) is 13.6. The zero-order chi connectivity index (χ0) is 18.2. The number of hydrogen-bond donors (Lipinski definition) is 2. The highest BCUT2D eigenvalue weighted by Gasteiger charge is 2.30. The minimum absolute atomic E-state index is 0.241. The maximum atomic E-state index is 12.8. The van der Waals surface area contributed by atoms with Crippen molar-refractivity contribution in [1.82, 2.24) is 4.31 Å². The molecule has 0 aliphatic carbocycles. The molecule has 0 atom stereocenters. The number of rotatable bonds is 4. The van der Waals surface area contributed by atoms with Crippen LogP contribution in [0.3, 0.4) is 0 Å². The first kappa shape index (κ1) is 17.2. The molecular weight excluding hydrogens is 340 g/mol. The third-order valence-corrected chi connectivity index (χ3v) is 5.89. The van der Waals surface area contributed by atoms with E-state index in [9.17, 15) is 18.3 Å². The monoisotopic (exact) mass is 358 g/mol. The highest BCUT2D eigenvalue weighted by molar-refractivity contribution is 7.89. The van der Waals surface area contributed by atoms with E-state index in [1.54, 1.807) is 36.4 Å². The van der Waals surface area contributed by atoms with Crippen molar-refractivity contribution in [2.45, 2.75) is 24.9 Å². The van der Waals surface area contributed by atoms with E-state index in [1.807, 2.05) is 13.0 Å². The molecule has 3 rings (SSSR count). The Morgan fingerprint density at radius 3 is 2.56 bits per heavy atom. The summed E-state index contributed by atoms with van der Waals surface area (Å²) >= 11 is 0. The Hall–Kier alpha value is -2.64. The summed E-state index contributed by atoms with van der Waals surface area (Å²) in [5.41, 5.74) is 8.21. The van der Waals surface area contributed by atoms with E-state index >= 15 is 0 Å². The van der Waals surface area contributed by atoms with Crippen LogP contribution in [0, 0.1) is 6.92 Å². The van der Waals surface area contributed by atoms with Gasteiger partial charge in [-0.2, -0.15) is 4.31 Å². The van der Waals surface area contributed by atoms with Crippen molar-refractivity contribution in [3.63, 3.8) is 0 Å². The van der Waals surface area contributed by atoms with Crippen molar-refractivity contribution in [1.29, 1.82) is 0 Å². The molecule has 0 spiro atoms. The number of fused-ring (bicyclic) bond motifs is 1. The largest absolute Gasteiger partial charge is 0.503 e. The first-order valence-electron chi connectivity index (χ1n) is 7.66. The number of benzene rings is 2. The van der Waals surface area contributed by atoms with E-state index in [0.717, 1.165) is 16.7 Å². The molecule has 0 saturated heterocycles. The van der Waals surface area contributed by atoms with Crippen LogP contribution >= 0.6 is 0 Å². The maximum absolute atomic E-state index is 12.8. The number of primary amides is 1. The van der Waals surface area contributed by atoms with Crippen LogP contribution in [0.15, 0.2) is 53.1 Å². The number of aliphatic hydroxyl groups is 1. The third kappa shape index (κ3) is 3.42. The van der Waals surface area contributed by atoms with Crippen LogP contribution in [0.25, 0.3) is 6.08 Å². The fourth-order valence-corrected chi connectivity index (χ4v) is 4.30. The predicted octanol–water partition coefficient (Wildman–Crippen LogP) is 2.08. The van der Waals surface area contributed by atoms with Crippen LogP contribution in [-0.2, 0) is 27.9 Å². The van der Waals surface area contributed by atoms with Crippen LogP contribution in [0.5, 0.6) is 0 Å². The molecule has 6 nitrogen and oxygen atoms in total. The number of nitrogens with zero attached hydrogens (tertiary/aromatic N) is 1. The molecule has 2 aromatic carbocycles. The smallest absolute Gasteiger partial charge is 0.283 e. The lowest BCUT2D eigenvalue weighted by atomic mass is 10.1. The van der Waals surface area contributed by atoms with Gasteiger partial charge in [0.25, 0.3) is 5.91 Å². The summed E-state index contributed by atoms with van der Waals surface area (Å²) in [4.78, 5) is 11.2. The second-order valence-corrected chi connectivity index (χ2v) is 7.95. The van der Waals surface area contributed by atoms with Crippen LogP contribution < -0.4 is 5.73 Å². The molecule has 0 fully saturated rings. The number of carbonyl (C=O) groups excluding carboxylic acids is 1. The summed E-state index contributed by atoms with van der Waals surface area (Å²) in [5, 5.41) is 9.46. The topological polar surface area (TPSA) is 101 Å². The van der Waals surface area contributed by atoms with E-state index in [-0.39, 0.29) is 18.0 Å². The number of amides is 1. The van der Waals surface area contributed by atoms with E-state index in [0.29, 0.717) is 5.56 Å². The summed E-state index contributed by atoms with van der Waals surface area (Å²) in [6, 6.07) is 12.1. The molecule has 25 heavy (non-hydrogen) atoms. The lowest BCUT2D eigenvalue weighted by Crippen LogP contribution is -2.25. The number of carbonyl (C=O) groups is 1. The Kier molecular flexibility index (Phi) is 4.36. The Balaban J connectivity index is 1.89. The van der Waals surface area contributed by atoms with Gasteiger partial charge in [-0.15, -0.1) is 0 Å². The number of aliphatic hydroxyl groups excluding tert-OH is 1. The van der Waals surface area contributed by atoms with Crippen molar-refractivity contribution in [3.8, 4) is 0 Å². The molecule has 1 heterocycles. The normalized spacial score (nSPS) is 15.2. The van der Waals surface area contributed by atoms with Gasteiger partial charge in [0, 0.05) is 13.1 Å². The molecule has 0 bridgehead atoms. The molecule has 0 saturated carbocycles. The predicted molar refractivity (Wildman–Crippen MR) is 93.9 cm³/mol. The fraction of sp³-hybridized carbons (Fsp3) is 0.167. The van der Waals surface area contributed by atoms with Crippen LogP contribution in [0.2, 0.25) is 0 Å². The number of aryl methyl sites for hydroxylation is 1. The van der Waals surface area contributed by atoms with Gasteiger partial charge < -0.3 is 10.8 Å². The van der Waals surface area contributed by atoms with Crippen molar-refractivity contribution >= 4 is 22.0 Å². The highest BCUT2D eigenvalue weighted by Crippen LogP contribution is 2.30. The maximum Gasteiger partial charge on any atom is 0.283 e.